The summed E-state index contributed by atoms with van der Waals surface area (Å²) in [6, 6.07) is 11.7. The van der Waals surface area contributed by atoms with Crippen LogP contribution in [0.15, 0.2) is 36.4 Å². The van der Waals surface area contributed by atoms with Crippen molar-refractivity contribution in [1.29, 1.82) is 0 Å². The summed E-state index contributed by atoms with van der Waals surface area (Å²) in [5.41, 5.74) is 2.25. The molecule has 0 spiro atoms. The molecule has 1 aliphatic rings. The minimum absolute atomic E-state index is 0.242. The van der Waals surface area contributed by atoms with Gasteiger partial charge >= 0.3 is 0 Å². The molecule has 6 nitrogen and oxygen atoms in total. The van der Waals surface area contributed by atoms with Gasteiger partial charge in [-0.1, -0.05) is 25.7 Å². The second kappa shape index (κ2) is 10.0. The van der Waals surface area contributed by atoms with E-state index in [1.807, 2.05) is 24.3 Å². The highest BCUT2D eigenvalue weighted by atomic mass is 16.5. The van der Waals surface area contributed by atoms with E-state index in [2.05, 4.69) is 10.6 Å². The summed E-state index contributed by atoms with van der Waals surface area (Å²) >= 11 is 0. The zero-order valence-corrected chi connectivity index (χ0v) is 17.4. The molecule has 1 saturated carbocycles. The number of carbonyl (C=O) groups excluding carboxylic acids is 1. The van der Waals surface area contributed by atoms with Gasteiger partial charge in [0.05, 0.1) is 21.3 Å². The Hall–Kier alpha value is -2.89. The van der Waals surface area contributed by atoms with Gasteiger partial charge in [-0.15, -0.1) is 0 Å². The highest BCUT2D eigenvalue weighted by Crippen LogP contribution is 2.38. The molecular formula is C23H30N2O4. The molecule has 0 unspecified atom stereocenters. The maximum absolute atomic E-state index is 12.7. The molecule has 0 atom stereocenters. The first-order valence-corrected chi connectivity index (χ1v) is 10.1. The monoisotopic (exact) mass is 398 g/mol. The van der Waals surface area contributed by atoms with E-state index in [-0.39, 0.29) is 5.91 Å². The van der Waals surface area contributed by atoms with Crippen molar-refractivity contribution in [3.8, 4) is 17.2 Å². The quantitative estimate of drug-likeness (QED) is 0.635. The highest BCUT2D eigenvalue weighted by molar-refractivity contribution is 6.05. The second-order valence-corrected chi connectivity index (χ2v) is 7.28. The Balaban J connectivity index is 1.67. The van der Waals surface area contributed by atoms with Crippen molar-refractivity contribution < 1.29 is 19.0 Å². The SMILES string of the molecule is COc1cc(C(=O)Nc2ccc(NC3CCCCCC3)cc2)cc(OC)c1OC. The van der Waals surface area contributed by atoms with Crippen LogP contribution in [0.25, 0.3) is 0 Å². The number of methoxy groups -OCH3 is 3. The van der Waals surface area contributed by atoms with Gasteiger partial charge in [0.1, 0.15) is 0 Å². The van der Waals surface area contributed by atoms with Gasteiger partial charge in [0.2, 0.25) is 5.75 Å². The number of ether oxygens (including phenoxy) is 3. The summed E-state index contributed by atoms with van der Waals surface area (Å²) in [4.78, 5) is 12.7. The number of rotatable bonds is 7. The zero-order valence-electron chi connectivity index (χ0n) is 17.4. The molecule has 2 N–H and O–H groups in total. The first kappa shape index (κ1) is 20.8. The molecule has 0 saturated heterocycles. The van der Waals surface area contributed by atoms with Crippen LogP contribution in [0.2, 0.25) is 0 Å². The van der Waals surface area contributed by atoms with Gasteiger partial charge in [0, 0.05) is 23.0 Å². The molecule has 0 radical (unpaired) electrons. The fourth-order valence-corrected chi connectivity index (χ4v) is 3.72. The van der Waals surface area contributed by atoms with Crippen molar-refractivity contribution in [2.24, 2.45) is 0 Å². The summed E-state index contributed by atoms with van der Waals surface area (Å²) in [5.74, 6) is 1.11. The van der Waals surface area contributed by atoms with Gasteiger partial charge in [-0.25, -0.2) is 0 Å². The number of hydrogen-bond acceptors (Lipinski definition) is 5. The third-order valence-electron chi connectivity index (χ3n) is 5.30. The van der Waals surface area contributed by atoms with E-state index >= 15 is 0 Å². The Morgan fingerprint density at radius 1 is 0.828 bits per heavy atom. The van der Waals surface area contributed by atoms with Crippen LogP contribution in [0.3, 0.4) is 0 Å². The number of hydrogen-bond donors (Lipinski definition) is 2. The first-order chi connectivity index (χ1) is 14.1. The lowest BCUT2D eigenvalue weighted by Crippen LogP contribution is -2.18. The molecule has 0 heterocycles. The standard InChI is InChI=1S/C23H30N2O4/c1-27-20-14-16(15-21(28-2)22(20)29-3)23(26)25-19-12-10-18(11-13-19)24-17-8-6-4-5-7-9-17/h10-15,17,24H,4-9H2,1-3H3,(H,25,26). The van der Waals surface area contributed by atoms with Crippen molar-refractivity contribution in [3.63, 3.8) is 0 Å². The summed E-state index contributed by atoms with van der Waals surface area (Å²) in [5, 5.41) is 6.54. The van der Waals surface area contributed by atoms with Gasteiger partial charge in [-0.05, 0) is 49.2 Å². The third-order valence-corrected chi connectivity index (χ3v) is 5.30. The lowest BCUT2D eigenvalue weighted by atomic mass is 10.1. The molecule has 6 heteroatoms. The molecule has 156 valence electrons. The van der Waals surface area contributed by atoms with Crippen LogP contribution in [-0.2, 0) is 0 Å². The topological polar surface area (TPSA) is 68.8 Å². The summed E-state index contributed by atoms with van der Waals surface area (Å²) < 4.78 is 16.0. The van der Waals surface area contributed by atoms with Crippen molar-refractivity contribution in [1.82, 2.24) is 0 Å². The fourth-order valence-electron chi connectivity index (χ4n) is 3.72. The van der Waals surface area contributed by atoms with Gasteiger partial charge in [0.25, 0.3) is 5.91 Å². The van der Waals surface area contributed by atoms with Crippen LogP contribution in [0, 0.1) is 0 Å². The van der Waals surface area contributed by atoms with E-state index in [1.54, 1.807) is 12.1 Å². The Kier molecular flexibility index (Phi) is 7.22. The highest BCUT2D eigenvalue weighted by Gasteiger charge is 2.17. The van der Waals surface area contributed by atoms with E-state index < -0.39 is 0 Å². The third kappa shape index (κ3) is 5.34. The Morgan fingerprint density at radius 3 is 1.90 bits per heavy atom. The molecule has 1 aliphatic carbocycles. The molecule has 2 aromatic carbocycles. The van der Waals surface area contributed by atoms with Crippen molar-refractivity contribution in [2.75, 3.05) is 32.0 Å². The smallest absolute Gasteiger partial charge is 0.255 e. The lowest BCUT2D eigenvalue weighted by Gasteiger charge is -2.18. The van der Waals surface area contributed by atoms with E-state index in [0.29, 0.717) is 28.9 Å². The van der Waals surface area contributed by atoms with Crippen LogP contribution in [-0.4, -0.2) is 33.3 Å². The Bertz CT molecular complexity index is 787. The van der Waals surface area contributed by atoms with Crippen LogP contribution < -0.4 is 24.8 Å². The number of anilines is 2. The van der Waals surface area contributed by atoms with E-state index in [4.69, 9.17) is 14.2 Å². The maximum Gasteiger partial charge on any atom is 0.255 e. The number of carbonyl (C=O) groups is 1. The van der Waals surface area contributed by atoms with Crippen LogP contribution in [0.4, 0.5) is 11.4 Å². The normalized spacial score (nSPS) is 14.6. The van der Waals surface area contributed by atoms with E-state index in [0.717, 1.165) is 11.4 Å². The minimum Gasteiger partial charge on any atom is -0.493 e. The molecule has 1 amide bonds. The lowest BCUT2D eigenvalue weighted by molar-refractivity contribution is 0.102. The summed E-state index contributed by atoms with van der Waals surface area (Å²) in [7, 11) is 4.59. The molecule has 0 bridgehead atoms. The number of amides is 1. The summed E-state index contributed by atoms with van der Waals surface area (Å²) in [6.07, 6.45) is 7.70. The van der Waals surface area contributed by atoms with Gasteiger partial charge < -0.3 is 24.8 Å². The number of nitrogens with one attached hydrogen (secondary N) is 2. The molecule has 29 heavy (non-hydrogen) atoms. The molecule has 2 aromatic rings. The van der Waals surface area contributed by atoms with Crippen LogP contribution in [0.1, 0.15) is 48.9 Å². The summed E-state index contributed by atoms with van der Waals surface area (Å²) in [6.45, 7) is 0. The first-order valence-electron chi connectivity index (χ1n) is 10.1. The molecule has 0 aliphatic heterocycles. The maximum atomic E-state index is 12.7. The van der Waals surface area contributed by atoms with Gasteiger partial charge in [-0.2, -0.15) is 0 Å². The predicted octanol–water partition coefficient (Wildman–Crippen LogP) is 5.10. The second-order valence-electron chi connectivity index (χ2n) is 7.28. The Labute approximate surface area is 172 Å². The average molecular weight is 399 g/mol. The minimum atomic E-state index is -0.242. The molecule has 3 rings (SSSR count). The van der Waals surface area contributed by atoms with E-state index in [9.17, 15) is 4.79 Å². The molecular weight excluding hydrogens is 368 g/mol. The average Bonchev–Trinajstić information content (AvgIpc) is 3.02. The molecule has 1 fully saturated rings. The zero-order chi connectivity index (χ0) is 20.6. The number of benzene rings is 2. The van der Waals surface area contributed by atoms with Gasteiger partial charge in [0.15, 0.2) is 11.5 Å². The van der Waals surface area contributed by atoms with Crippen molar-refractivity contribution >= 4 is 17.3 Å². The van der Waals surface area contributed by atoms with E-state index in [1.165, 1.54) is 59.9 Å². The van der Waals surface area contributed by atoms with Crippen LogP contribution >= 0.6 is 0 Å². The van der Waals surface area contributed by atoms with Gasteiger partial charge in [-0.3, -0.25) is 4.79 Å². The van der Waals surface area contributed by atoms with Crippen LogP contribution in [0.5, 0.6) is 17.2 Å². The predicted molar refractivity (Wildman–Crippen MR) is 116 cm³/mol. The molecule has 0 aromatic heterocycles. The van der Waals surface area contributed by atoms with Crippen molar-refractivity contribution in [3.05, 3.63) is 42.0 Å². The van der Waals surface area contributed by atoms with Crippen molar-refractivity contribution in [2.45, 2.75) is 44.6 Å². The largest absolute Gasteiger partial charge is 0.493 e. The fraction of sp³-hybridized carbons (Fsp3) is 0.435. The Morgan fingerprint density at radius 2 is 1.38 bits per heavy atom.